The minimum absolute atomic E-state index is 0.0374. The number of nitrogens with zero attached hydrogens (tertiary/aromatic N) is 2. The van der Waals surface area contributed by atoms with E-state index in [1.54, 1.807) is 0 Å². The van der Waals surface area contributed by atoms with E-state index in [2.05, 4.69) is 15.5 Å². The summed E-state index contributed by atoms with van der Waals surface area (Å²) in [6, 6.07) is -0.0374. The van der Waals surface area contributed by atoms with Gasteiger partial charge in [-0.1, -0.05) is 0 Å². The van der Waals surface area contributed by atoms with E-state index in [-0.39, 0.29) is 12.6 Å². The molecule has 1 aromatic heterocycles. The van der Waals surface area contributed by atoms with Crippen molar-refractivity contribution in [1.29, 1.82) is 0 Å². The highest BCUT2D eigenvalue weighted by molar-refractivity contribution is 5.24. The smallest absolute Gasteiger partial charge is 0.263 e. The highest BCUT2D eigenvalue weighted by Gasteiger charge is 2.29. The highest BCUT2D eigenvalue weighted by Crippen LogP contribution is 2.39. The number of anilines is 1. The molecule has 0 unspecified atom stereocenters. The van der Waals surface area contributed by atoms with Crippen molar-refractivity contribution in [3.05, 3.63) is 5.89 Å². The minimum Gasteiger partial charge on any atom is -0.394 e. The first kappa shape index (κ1) is 8.50. The summed E-state index contributed by atoms with van der Waals surface area (Å²) in [7, 11) is 0. The van der Waals surface area contributed by atoms with Crippen LogP contribution in [0.4, 0.5) is 5.95 Å². The SMILES string of the molecule is C[C@@H](CO)Nc1noc(C2CC2)n1. The largest absolute Gasteiger partial charge is 0.394 e. The fourth-order valence-electron chi connectivity index (χ4n) is 1.06. The molecule has 1 fully saturated rings. The lowest BCUT2D eigenvalue weighted by atomic mass is 10.4. The van der Waals surface area contributed by atoms with Crippen LogP contribution in [-0.2, 0) is 0 Å². The summed E-state index contributed by atoms with van der Waals surface area (Å²) in [6.07, 6.45) is 2.30. The van der Waals surface area contributed by atoms with Crippen LogP contribution in [0.25, 0.3) is 0 Å². The second-order valence-electron chi connectivity index (χ2n) is 3.46. The van der Waals surface area contributed by atoms with E-state index in [0.29, 0.717) is 17.8 Å². The molecule has 0 bridgehead atoms. The Morgan fingerprint density at radius 3 is 3.08 bits per heavy atom. The van der Waals surface area contributed by atoms with Gasteiger partial charge < -0.3 is 14.9 Å². The Morgan fingerprint density at radius 2 is 2.46 bits per heavy atom. The van der Waals surface area contributed by atoms with Crippen molar-refractivity contribution in [2.24, 2.45) is 0 Å². The predicted octanol–water partition coefficient (Wildman–Crippen LogP) is 0.740. The van der Waals surface area contributed by atoms with Gasteiger partial charge in [0.25, 0.3) is 5.95 Å². The Hall–Kier alpha value is -1.10. The average Bonchev–Trinajstić information content (AvgIpc) is 2.88. The van der Waals surface area contributed by atoms with Crippen LogP contribution in [0.1, 0.15) is 31.6 Å². The van der Waals surface area contributed by atoms with Gasteiger partial charge in [-0.15, -0.1) is 0 Å². The summed E-state index contributed by atoms with van der Waals surface area (Å²) in [6.45, 7) is 1.92. The second-order valence-corrected chi connectivity index (χ2v) is 3.46. The Morgan fingerprint density at radius 1 is 1.69 bits per heavy atom. The molecule has 1 heterocycles. The lowest BCUT2D eigenvalue weighted by Crippen LogP contribution is -2.19. The number of hydrogen-bond acceptors (Lipinski definition) is 5. The third kappa shape index (κ3) is 1.98. The zero-order chi connectivity index (χ0) is 9.26. The topological polar surface area (TPSA) is 71.2 Å². The van der Waals surface area contributed by atoms with Crippen molar-refractivity contribution >= 4 is 5.95 Å². The van der Waals surface area contributed by atoms with E-state index < -0.39 is 0 Å². The molecule has 72 valence electrons. The average molecular weight is 183 g/mol. The molecule has 0 aliphatic heterocycles. The van der Waals surface area contributed by atoms with Crippen LogP contribution in [-0.4, -0.2) is 27.9 Å². The van der Waals surface area contributed by atoms with Gasteiger partial charge in [-0.2, -0.15) is 4.98 Å². The third-order valence-electron chi connectivity index (χ3n) is 2.02. The van der Waals surface area contributed by atoms with E-state index >= 15 is 0 Å². The van der Waals surface area contributed by atoms with Gasteiger partial charge in [0.05, 0.1) is 6.61 Å². The number of rotatable bonds is 4. The van der Waals surface area contributed by atoms with Crippen LogP contribution >= 0.6 is 0 Å². The molecule has 1 atom stereocenters. The number of aliphatic hydroxyl groups excluding tert-OH is 1. The van der Waals surface area contributed by atoms with Gasteiger partial charge in [0, 0.05) is 12.0 Å². The summed E-state index contributed by atoms with van der Waals surface area (Å²) in [5.74, 6) is 1.67. The van der Waals surface area contributed by atoms with Crippen LogP contribution in [0, 0.1) is 0 Å². The second kappa shape index (κ2) is 3.33. The van der Waals surface area contributed by atoms with Crippen LogP contribution in [0.3, 0.4) is 0 Å². The maximum atomic E-state index is 8.78. The summed E-state index contributed by atoms with van der Waals surface area (Å²) >= 11 is 0. The van der Waals surface area contributed by atoms with Crippen molar-refractivity contribution in [1.82, 2.24) is 10.1 Å². The van der Waals surface area contributed by atoms with Crippen molar-refractivity contribution in [3.8, 4) is 0 Å². The van der Waals surface area contributed by atoms with E-state index in [9.17, 15) is 0 Å². The van der Waals surface area contributed by atoms with E-state index in [0.717, 1.165) is 12.8 Å². The van der Waals surface area contributed by atoms with Crippen molar-refractivity contribution in [2.75, 3.05) is 11.9 Å². The van der Waals surface area contributed by atoms with Gasteiger partial charge in [0.2, 0.25) is 5.89 Å². The molecule has 0 radical (unpaired) electrons. The van der Waals surface area contributed by atoms with E-state index in [1.165, 1.54) is 0 Å². The Bertz CT molecular complexity index is 283. The van der Waals surface area contributed by atoms with Crippen LogP contribution < -0.4 is 5.32 Å². The maximum Gasteiger partial charge on any atom is 0.263 e. The van der Waals surface area contributed by atoms with Crippen molar-refractivity contribution in [3.63, 3.8) is 0 Å². The van der Waals surface area contributed by atoms with E-state index in [4.69, 9.17) is 9.63 Å². The summed E-state index contributed by atoms with van der Waals surface area (Å²) in [4.78, 5) is 4.16. The minimum atomic E-state index is -0.0374. The summed E-state index contributed by atoms with van der Waals surface area (Å²) in [5, 5.41) is 15.5. The molecule has 2 N–H and O–H groups in total. The molecule has 0 amide bonds. The standard InChI is InChI=1S/C8H13N3O2/c1-5(4-12)9-8-10-7(13-11-8)6-2-3-6/h5-6,12H,2-4H2,1H3,(H,9,11)/t5-/m0/s1. The van der Waals surface area contributed by atoms with Crippen LogP contribution in [0.15, 0.2) is 4.52 Å². The molecular weight excluding hydrogens is 170 g/mol. The van der Waals surface area contributed by atoms with Gasteiger partial charge in [-0.25, -0.2) is 0 Å². The Balaban J connectivity index is 1.96. The van der Waals surface area contributed by atoms with Crippen LogP contribution in [0.5, 0.6) is 0 Å². The molecule has 2 rings (SSSR count). The van der Waals surface area contributed by atoms with Crippen LogP contribution in [0.2, 0.25) is 0 Å². The number of aromatic nitrogens is 2. The maximum absolute atomic E-state index is 8.78. The fourth-order valence-corrected chi connectivity index (χ4v) is 1.06. The first-order valence-corrected chi connectivity index (χ1v) is 4.50. The Labute approximate surface area is 76.1 Å². The highest BCUT2D eigenvalue weighted by atomic mass is 16.5. The normalized spacial score (nSPS) is 18.6. The molecule has 1 aromatic rings. The molecule has 0 saturated heterocycles. The van der Waals surface area contributed by atoms with E-state index in [1.807, 2.05) is 6.92 Å². The summed E-state index contributed by atoms with van der Waals surface area (Å²) < 4.78 is 5.03. The monoisotopic (exact) mass is 183 g/mol. The number of nitrogens with one attached hydrogen (secondary N) is 1. The Kier molecular flexibility index (Phi) is 2.18. The molecule has 0 spiro atoms. The molecule has 5 nitrogen and oxygen atoms in total. The predicted molar refractivity (Wildman–Crippen MR) is 46.4 cm³/mol. The molecular formula is C8H13N3O2. The number of aliphatic hydroxyl groups is 1. The zero-order valence-corrected chi connectivity index (χ0v) is 7.53. The lowest BCUT2D eigenvalue weighted by Gasteiger charge is -2.06. The summed E-state index contributed by atoms with van der Waals surface area (Å²) in [5.41, 5.74) is 0. The first-order valence-electron chi connectivity index (χ1n) is 4.50. The van der Waals surface area contributed by atoms with Gasteiger partial charge in [-0.3, -0.25) is 0 Å². The van der Waals surface area contributed by atoms with Crippen molar-refractivity contribution < 1.29 is 9.63 Å². The quantitative estimate of drug-likeness (QED) is 0.720. The van der Waals surface area contributed by atoms with Gasteiger partial charge in [0.1, 0.15) is 0 Å². The fraction of sp³-hybridized carbons (Fsp3) is 0.750. The molecule has 13 heavy (non-hydrogen) atoms. The first-order chi connectivity index (χ1) is 6.29. The van der Waals surface area contributed by atoms with Gasteiger partial charge >= 0.3 is 0 Å². The van der Waals surface area contributed by atoms with Crippen molar-refractivity contribution in [2.45, 2.75) is 31.7 Å². The zero-order valence-electron chi connectivity index (χ0n) is 7.53. The van der Waals surface area contributed by atoms with Gasteiger partial charge in [0.15, 0.2) is 0 Å². The van der Waals surface area contributed by atoms with Gasteiger partial charge in [-0.05, 0) is 24.9 Å². The molecule has 0 aromatic carbocycles. The number of hydrogen-bond donors (Lipinski definition) is 2. The molecule has 1 aliphatic rings. The molecule has 1 saturated carbocycles. The lowest BCUT2D eigenvalue weighted by molar-refractivity contribution is 0.280. The third-order valence-corrected chi connectivity index (χ3v) is 2.02. The molecule has 1 aliphatic carbocycles. The molecule has 5 heteroatoms.